The summed E-state index contributed by atoms with van der Waals surface area (Å²) in [6.07, 6.45) is 1.83. The van der Waals surface area contributed by atoms with E-state index in [0.717, 1.165) is 5.56 Å². The van der Waals surface area contributed by atoms with Gasteiger partial charge in [-0.2, -0.15) is 5.26 Å². The van der Waals surface area contributed by atoms with Gasteiger partial charge in [-0.25, -0.2) is 9.97 Å². The second-order valence-electron chi connectivity index (χ2n) is 6.04. The first-order chi connectivity index (χ1) is 14.6. The molecular formula is C21H21N5O3S. The number of aromatic nitrogens is 2. The van der Waals surface area contributed by atoms with Crippen molar-refractivity contribution in [3.63, 3.8) is 0 Å². The maximum atomic E-state index is 9.44. The highest BCUT2D eigenvalue weighted by Crippen LogP contribution is 2.41. The lowest BCUT2D eigenvalue weighted by Crippen LogP contribution is -2.06. The van der Waals surface area contributed by atoms with Gasteiger partial charge in [0.1, 0.15) is 24.1 Å². The largest absolute Gasteiger partial charge is 0.493 e. The van der Waals surface area contributed by atoms with Crippen molar-refractivity contribution in [3.05, 3.63) is 53.6 Å². The Hall–Kier alpha value is -3.64. The van der Waals surface area contributed by atoms with Crippen molar-refractivity contribution in [3.8, 4) is 23.3 Å². The van der Waals surface area contributed by atoms with Crippen LogP contribution in [0.1, 0.15) is 11.1 Å². The van der Waals surface area contributed by atoms with Crippen LogP contribution in [0.5, 0.6) is 17.2 Å². The minimum atomic E-state index is 0.112. The molecule has 0 unspecified atom stereocenters. The second kappa shape index (κ2) is 9.71. The highest BCUT2D eigenvalue weighted by Gasteiger charge is 2.17. The number of nitrogens with two attached hydrogens (primary N) is 1. The summed E-state index contributed by atoms with van der Waals surface area (Å²) in [5.41, 5.74) is 7.67. The fourth-order valence-electron chi connectivity index (χ4n) is 2.71. The molecule has 2 aromatic carbocycles. The first kappa shape index (κ1) is 21.1. The summed E-state index contributed by atoms with van der Waals surface area (Å²) in [6.45, 7) is 0.360. The van der Waals surface area contributed by atoms with E-state index in [4.69, 9.17) is 19.9 Å². The lowest BCUT2D eigenvalue weighted by atomic mass is 10.2. The normalized spacial score (nSPS) is 10.2. The van der Waals surface area contributed by atoms with Gasteiger partial charge in [-0.1, -0.05) is 42.1 Å². The van der Waals surface area contributed by atoms with E-state index < -0.39 is 0 Å². The number of anilines is 3. The van der Waals surface area contributed by atoms with Gasteiger partial charge in [-0.15, -0.1) is 0 Å². The average Bonchev–Trinajstić information content (AvgIpc) is 2.77. The van der Waals surface area contributed by atoms with Crippen LogP contribution in [0.4, 0.5) is 17.3 Å². The van der Waals surface area contributed by atoms with Gasteiger partial charge >= 0.3 is 0 Å². The zero-order valence-corrected chi connectivity index (χ0v) is 17.6. The first-order valence-corrected chi connectivity index (χ1v) is 10.1. The molecule has 0 bridgehead atoms. The third-order valence-electron chi connectivity index (χ3n) is 4.16. The molecule has 0 radical (unpaired) electrons. The zero-order chi connectivity index (χ0) is 21.5. The van der Waals surface area contributed by atoms with E-state index in [0.29, 0.717) is 40.5 Å². The van der Waals surface area contributed by atoms with Crippen molar-refractivity contribution in [2.24, 2.45) is 0 Å². The molecule has 1 heterocycles. The third kappa shape index (κ3) is 4.67. The molecule has 154 valence electrons. The molecule has 9 heteroatoms. The Kier molecular flexibility index (Phi) is 6.83. The fourth-order valence-corrected chi connectivity index (χ4v) is 3.08. The Labute approximate surface area is 179 Å². The van der Waals surface area contributed by atoms with Crippen molar-refractivity contribution in [2.45, 2.75) is 11.8 Å². The van der Waals surface area contributed by atoms with Gasteiger partial charge in [-0.3, -0.25) is 0 Å². The number of nitrogens with zero attached hydrogens (tertiary/aromatic N) is 3. The fraction of sp³-hybridized carbons (Fsp3) is 0.190. The minimum absolute atomic E-state index is 0.112. The van der Waals surface area contributed by atoms with Crippen molar-refractivity contribution in [1.29, 1.82) is 5.26 Å². The molecule has 0 aliphatic carbocycles. The standard InChI is InChI=1S/C21H21N5O3S/c1-27-16-9-14(24-20-15(11-22)19(23)25-21(26-20)30-3)10-17(28-2)18(16)29-12-13-7-5-4-6-8-13/h4-10H,12H2,1-3H3,(H3,23,24,25,26). The smallest absolute Gasteiger partial charge is 0.204 e. The summed E-state index contributed by atoms with van der Waals surface area (Å²) in [5.74, 6) is 1.83. The number of hydrogen-bond donors (Lipinski definition) is 2. The molecule has 1 aromatic heterocycles. The summed E-state index contributed by atoms with van der Waals surface area (Å²) in [4.78, 5) is 8.45. The monoisotopic (exact) mass is 423 g/mol. The number of thioether (sulfide) groups is 1. The maximum absolute atomic E-state index is 9.44. The summed E-state index contributed by atoms with van der Waals surface area (Å²) in [5, 5.41) is 13.0. The molecule has 3 N–H and O–H groups in total. The molecule has 0 fully saturated rings. The van der Waals surface area contributed by atoms with E-state index in [1.807, 2.05) is 42.7 Å². The Balaban J connectivity index is 1.94. The molecule has 0 saturated heterocycles. The molecule has 0 amide bonds. The quantitative estimate of drug-likeness (QED) is 0.410. The van der Waals surface area contributed by atoms with E-state index >= 15 is 0 Å². The van der Waals surface area contributed by atoms with Crippen LogP contribution in [-0.4, -0.2) is 30.4 Å². The minimum Gasteiger partial charge on any atom is -0.493 e. The van der Waals surface area contributed by atoms with Gasteiger partial charge in [0.25, 0.3) is 0 Å². The molecule has 0 atom stereocenters. The van der Waals surface area contributed by atoms with E-state index in [2.05, 4.69) is 15.3 Å². The lowest BCUT2D eigenvalue weighted by molar-refractivity contribution is 0.266. The van der Waals surface area contributed by atoms with Gasteiger partial charge in [0.15, 0.2) is 22.5 Å². The number of nitrogens with one attached hydrogen (secondary N) is 1. The van der Waals surface area contributed by atoms with Crippen LogP contribution < -0.4 is 25.3 Å². The number of ether oxygens (including phenoxy) is 3. The number of hydrogen-bond acceptors (Lipinski definition) is 9. The van der Waals surface area contributed by atoms with Gasteiger partial charge in [-0.05, 0) is 11.8 Å². The highest BCUT2D eigenvalue weighted by atomic mass is 32.2. The van der Waals surface area contributed by atoms with Crippen molar-refractivity contribution >= 4 is 29.1 Å². The first-order valence-electron chi connectivity index (χ1n) is 8.91. The molecule has 0 aliphatic rings. The number of methoxy groups -OCH3 is 2. The molecule has 30 heavy (non-hydrogen) atoms. The average molecular weight is 423 g/mol. The van der Waals surface area contributed by atoms with Gasteiger partial charge in [0.05, 0.1) is 14.2 Å². The molecule has 3 aromatic rings. The molecule has 0 saturated carbocycles. The van der Waals surface area contributed by atoms with Crippen LogP contribution in [-0.2, 0) is 6.61 Å². The Morgan fingerprint density at radius 2 is 1.77 bits per heavy atom. The van der Waals surface area contributed by atoms with Crippen LogP contribution in [0.25, 0.3) is 0 Å². The molecule has 0 spiro atoms. The number of nitriles is 1. The van der Waals surface area contributed by atoms with Crippen LogP contribution in [0, 0.1) is 11.3 Å². The number of nitrogen functional groups attached to an aromatic ring is 1. The molecule has 0 aliphatic heterocycles. The SMILES string of the molecule is COc1cc(Nc2nc(SC)nc(N)c2C#N)cc(OC)c1OCc1ccccc1. The number of benzene rings is 2. The highest BCUT2D eigenvalue weighted by molar-refractivity contribution is 7.98. The Morgan fingerprint density at radius 3 is 2.33 bits per heavy atom. The predicted octanol–water partition coefficient (Wildman–Crippen LogP) is 3.99. The van der Waals surface area contributed by atoms with E-state index in [1.54, 1.807) is 26.4 Å². The van der Waals surface area contributed by atoms with E-state index in [1.165, 1.54) is 11.8 Å². The maximum Gasteiger partial charge on any atom is 0.204 e. The van der Waals surface area contributed by atoms with Crippen molar-refractivity contribution in [2.75, 3.05) is 31.5 Å². The van der Waals surface area contributed by atoms with E-state index in [-0.39, 0.29) is 11.4 Å². The Morgan fingerprint density at radius 1 is 1.10 bits per heavy atom. The predicted molar refractivity (Wildman–Crippen MR) is 117 cm³/mol. The second-order valence-corrected chi connectivity index (χ2v) is 6.81. The summed E-state index contributed by atoms with van der Waals surface area (Å²) in [7, 11) is 3.09. The Bertz CT molecular complexity index is 1050. The summed E-state index contributed by atoms with van der Waals surface area (Å²) >= 11 is 1.33. The van der Waals surface area contributed by atoms with Crippen LogP contribution in [0.3, 0.4) is 0 Å². The van der Waals surface area contributed by atoms with Crippen LogP contribution >= 0.6 is 11.8 Å². The summed E-state index contributed by atoms with van der Waals surface area (Å²) in [6, 6.07) is 15.3. The number of rotatable bonds is 8. The third-order valence-corrected chi connectivity index (χ3v) is 4.71. The van der Waals surface area contributed by atoms with Crippen LogP contribution in [0.2, 0.25) is 0 Å². The molecular weight excluding hydrogens is 402 g/mol. The lowest BCUT2D eigenvalue weighted by Gasteiger charge is -2.17. The van der Waals surface area contributed by atoms with Gasteiger partial charge in [0, 0.05) is 17.8 Å². The van der Waals surface area contributed by atoms with E-state index in [9.17, 15) is 5.26 Å². The van der Waals surface area contributed by atoms with Gasteiger partial charge < -0.3 is 25.3 Å². The molecule has 3 rings (SSSR count). The van der Waals surface area contributed by atoms with Gasteiger partial charge in [0.2, 0.25) is 5.75 Å². The van der Waals surface area contributed by atoms with Crippen molar-refractivity contribution < 1.29 is 14.2 Å². The topological polar surface area (TPSA) is 115 Å². The molecule has 8 nitrogen and oxygen atoms in total. The summed E-state index contributed by atoms with van der Waals surface area (Å²) < 4.78 is 17.0. The van der Waals surface area contributed by atoms with Crippen LogP contribution in [0.15, 0.2) is 47.6 Å². The van der Waals surface area contributed by atoms with Crippen molar-refractivity contribution in [1.82, 2.24) is 9.97 Å². The zero-order valence-electron chi connectivity index (χ0n) is 16.8.